The molecule has 126 heavy (non-hydrogen) atoms. The Hall–Kier alpha value is -15.7. The molecule has 0 spiro atoms. The van der Waals surface area contributed by atoms with Crippen LogP contribution in [0.1, 0.15) is 22.3 Å². The third-order valence-electron chi connectivity index (χ3n) is 26.2. The second kappa shape index (κ2) is 27.9. The normalized spacial score (nSPS) is 12.1. The van der Waals surface area contributed by atoms with Crippen molar-refractivity contribution in [2.24, 2.45) is 0 Å². The smallest absolute Gasteiger partial charge is 0.159 e. The minimum absolute atomic E-state index is 0.811. The number of fused-ring (bicyclic) bond motifs is 26. The van der Waals surface area contributed by atoms with Crippen molar-refractivity contribution >= 4 is 262 Å². The Morgan fingerprint density at radius 1 is 0.183 bits per heavy atom. The van der Waals surface area contributed by atoms with Crippen LogP contribution in [0, 0.1) is 27.7 Å². The van der Waals surface area contributed by atoms with Crippen LogP contribution in [0.25, 0.3) is 182 Å². The highest BCUT2D eigenvalue weighted by Gasteiger charge is 2.32. The molecule has 0 atom stereocenters. The third-order valence-corrected chi connectivity index (χ3v) is 28.8. The van der Waals surface area contributed by atoms with Crippen LogP contribution in [0.4, 0.5) is 68.2 Å². The van der Waals surface area contributed by atoms with Crippen LogP contribution in [0.2, 0.25) is 0 Å². The van der Waals surface area contributed by atoms with Gasteiger partial charge in [0.15, 0.2) is 22.3 Å². The van der Waals surface area contributed by atoms with Crippen LogP contribution in [-0.2, 0) is 0 Å². The van der Waals surface area contributed by atoms with E-state index in [1.807, 2.05) is 22.7 Å². The first kappa shape index (κ1) is 72.0. The van der Waals surface area contributed by atoms with Gasteiger partial charge in [0.2, 0.25) is 0 Å². The van der Waals surface area contributed by atoms with Crippen LogP contribution in [-0.4, -0.2) is 0 Å². The summed E-state index contributed by atoms with van der Waals surface area (Å²) in [4.78, 5) is 9.81. The van der Waals surface area contributed by atoms with Gasteiger partial charge in [-0.15, -0.1) is 22.7 Å². The predicted molar refractivity (Wildman–Crippen MR) is 534 cm³/mol. The Bertz CT molecular complexity index is 9130. The van der Waals surface area contributed by atoms with E-state index in [2.05, 4.69) is 423 Å². The molecule has 0 saturated carbocycles. The molecule has 10 heteroatoms. The summed E-state index contributed by atoms with van der Waals surface area (Å²) in [6.45, 7) is 8.92. The van der Waals surface area contributed by atoms with Crippen molar-refractivity contribution < 1.29 is 17.7 Å². The van der Waals surface area contributed by atoms with Crippen molar-refractivity contribution in [2.45, 2.75) is 27.7 Å². The molecular weight excluding hydrogens is 1580 g/mol. The average molecular weight is 1650 g/mol. The van der Waals surface area contributed by atoms with Crippen molar-refractivity contribution in [2.75, 3.05) is 19.6 Å². The highest BCUT2D eigenvalue weighted by atomic mass is 32.1. The van der Waals surface area contributed by atoms with Gasteiger partial charge in [0.05, 0.1) is 45.5 Å². The van der Waals surface area contributed by atoms with Crippen LogP contribution in [0.15, 0.2) is 394 Å². The molecule has 0 aliphatic heterocycles. The number of aryl methyl sites for hydroxylation is 4. The summed E-state index contributed by atoms with van der Waals surface area (Å²) in [7, 11) is 0. The number of rotatable bonds is 13. The molecule has 26 rings (SSSR count). The molecule has 0 fully saturated rings. The first-order chi connectivity index (χ1) is 62.2. The summed E-state index contributed by atoms with van der Waals surface area (Å²) in [6, 6.07) is 137. The summed E-state index contributed by atoms with van der Waals surface area (Å²) in [5, 5.41) is 22.5. The summed E-state index contributed by atoms with van der Waals surface area (Å²) < 4.78 is 33.1. The van der Waals surface area contributed by atoms with Crippen molar-refractivity contribution in [3.8, 4) is 11.1 Å². The Morgan fingerprint density at radius 2 is 0.484 bits per heavy atom. The average Bonchev–Trinajstić information content (AvgIpc) is 1.54. The number of hydrogen-bond acceptors (Lipinski definition) is 10. The first-order valence-corrected chi connectivity index (χ1v) is 44.5. The lowest BCUT2D eigenvalue weighted by atomic mass is 9.95. The summed E-state index contributed by atoms with van der Waals surface area (Å²) in [6.07, 6.45) is 0. The molecule has 0 amide bonds. The van der Waals surface area contributed by atoms with E-state index in [1.54, 1.807) is 0 Å². The highest BCUT2D eigenvalue weighted by Crippen LogP contribution is 2.58. The zero-order chi connectivity index (χ0) is 83.3. The summed E-state index contributed by atoms with van der Waals surface area (Å²) >= 11 is 3.76. The van der Waals surface area contributed by atoms with E-state index in [9.17, 15) is 0 Å². The van der Waals surface area contributed by atoms with Gasteiger partial charge >= 0.3 is 0 Å². The van der Waals surface area contributed by atoms with Crippen LogP contribution in [0.5, 0.6) is 0 Å². The molecule has 0 saturated heterocycles. The standard InChI is InChI=1S/C116H74N4O4S2/c1-67-28-23-30-72(60-67)117(97-48-24-43-83-79-35-14-19-52-105(79)121-109(83)97)101-63-91-92-64-102(76-32-7-11-40-88(76)114(92)125-113(91)87-39-10-6-31-75(87)101)118(98-49-25-44-84-80-36-15-20-53-106(80)122-110(84)98)73-57-58-74(69(3)62-73)71-56-59-96(70(4)61-71)120(100-51-27-46-86-82-38-17-22-55-108(82)124-112(86)100)104-66-94-93-65-103(77-33-8-12-41-89(77)115(93)126-116(94)90-42-13-9-34-78(90)104)119(95-47-18-5-29-68(95)2)99-50-26-45-85-81-37-16-21-54-107(81)123-111(85)99/h5-66H,1-4H3. The van der Waals surface area contributed by atoms with Gasteiger partial charge in [0.25, 0.3) is 0 Å². The molecule has 0 aliphatic carbocycles. The molecule has 6 aromatic heterocycles. The Morgan fingerprint density at radius 3 is 0.849 bits per heavy atom. The molecule has 0 radical (unpaired) electrons. The number of benzene rings is 20. The monoisotopic (exact) mass is 1650 g/mol. The zero-order valence-corrected chi connectivity index (χ0v) is 70.7. The lowest BCUT2D eigenvalue weighted by Crippen LogP contribution is -2.13. The van der Waals surface area contributed by atoms with Crippen molar-refractivity contribution in [1.29, 1.82) is 0 Å². The van der Waals surface area contributed by atoms with Gasteiger partial charge in [-0.3, -0.25) is 0 Å². The highest BCUT2D eigenvalue weighted by molar-refractivity contribution is 7.28. The zero-order valence-electron chi connectivity index (χ0n) is 69.0. The fourth-order valence-electron chi connectivity index (χ4n) is 20.5. The molecule has 20 aromatic carbocycles. The number of para-hydroxylation sites is 9. The molecule has 26 aromatic rings. The van der Waals surface area contributed by atoms with Gasteiger partial charge in [-0.05, 0) is 176 Å². The number of anilines is 12. The van der Waals surface area contributed by atoms with E-state index in [1.165, 1.54) is 45.7 Å². The van der Waals surface area contributed by atoms with Crippen LogP contribution in [0.3, 0.4) is 0 Å². The number of hydrogen-bond donors (Lipinski definition) is 0. The molecular formula is C116H74N4O4S2. The van der Waals surface area contributed by atoms with Gasteiger partial charge in [-0.25, -0.2) is 0 Å². The fourth-order valence-corrected chi connectivity index (χ4v) is 23.2. The Labute approximate surface area is 731 Å². The van der Waals surface area contributed by atoms with Gasteiger partial charge in [0.1, 0.15) is 22.3 Å². The van der Waals surface area contributed by atoms with Crippen molar-refractivity contribution in [3.63, 3.8) is 0 Å². The van der Waals surface area contributed by atoms with E-state index in [0.29, 0.717) is 0 Å². The molecule has 0 unspecified atom stereocenters. The lowest BCUT2D eigenvalue weighted by molar-refractivity contribution is 0.668. The molecule has 6 heterocycles. The van der Waals surface area contributed by atoms with E-state index in [0.717, 1.165) is 227 Å². The molecule has 0 bridgehead atoms. The number of furan rings is 4. The second-order valence-electron chi connectivity index (χ2n) is 33.5. The first-order valence-electron chi connectivity index (χ1n) is 42.9. The second-order valence-corrected chi connectivity index (χ2v) is 35.5. The minimum Gasteiger partial charge on any atom is -0.454 e. The quantitative estimate of drug-likeness (QED) is 0.113. The molecule has 8 nitrogen and oxygen atoms in total. The largest absolute Gasteiger partial charge is 0.454 e. The van der Waals surface area contributed by atoms with Crippen LogP contribution < -0.4 is 19.6 Å². The van der Waals surface area contributed by atoms with Gasteiger partial charge in [-0.2, -0.15) is 0 Å². The minimum atomic E-state index is 0.811. The molecule has 594 valence electrons. The van der Waals surface area contributed by atoms with Crippen molar-refractivity contribution in [3.05, 3.63) is 398 Å². The Kier molecular flexibility index (Phi) is 15.9. The summed E-state index contributed by atoms with van der Waals surface area (Å²) in [5.41, 5.74) is 25.6. The van der Waals surface area contributed by atoms with E-state index in [-0.39, 0.29) is 0 Å². The van der Waals surface area contributed by atoms with Crippen molar-refractivity contribution in [1.82, 2.24) is 0 Å². The van der Waals surface area contributed by atoms with Gasteiger partial charge < -0.3 is 37.3 Å². The molecule has 0 aliphatic rings. The number of thiophene rings is 2. The third kappa shape index (κ3) is 10.8. The molecule has 0 N–H and O–H groups in total. The lowest BCUT2D eigenvalue weighted by Gasteiger charge is -2.29. The maximum Gasteiger partial charge on any atom is 0.159 e. The summed E-state index contributed by atoms with van der Waals surface area (Å²) in [5.74, 6) is 0. The maximum atomic E-state index is 7.15. The topological polar surface area (TPSA) is 65.5 Å². The van der Waals surface area contributed by atoms with Crippen LogP contribution >= 0.6 is 22.7 Å². The van der Waals surface area contributed by atoms with Gasteiger partial charge in [-0.1, -0.05) is 261 Å². The number of nitrogens with zero attached hydrogens (tertiary/aromatic N) is 4. The van der Waals surface area contributed by atoms with Gasteiger partial charge in [0, 0.05) is 149 Å². The Balaban J connectivity index is 0.660. The van der Waals surface area contributed by atoms with E-state index >= 15 is 0 Å². The van der Waals surface area contributed by atoms with E-state index < -0.39 is 0 Å². The SMILES string of the molecule is Cc1cccc(N(c2cc3c4cc(N(c5ccc(-c6ccc(N(c7cc8c9cc(N(c%10ccccc%10C)c%10cccc%11c%10oc%10ccccc%10%11)c%10ccccc%10c9sc8c8ccccc78)c7cccc8c7oc7ccccc78)c(C)c6)c(C)c5)c5cccc6c5oc5ccccc56)c5ccccc5c4sc3c3ccccc23)c2cccc3c2oc2ccccc23)c1. The maximum absolute atomic E-state index is 7.15. The fraction of sp³-hybridized carbons (Fsp3) is 0.0345. The van der Waals surface area contributed by atoms with E-state index in [4.69, 9.17) is 17.7 Å². The predicted octanol–water partition coefficient (Wildman–Crippen LogP) is 35.4.